The van der Waals surface area contributed by atoms with Crippen molar-refractivity contribution in [2.45, 2.75) is 6.42 Å². The zero-order valence-corrected chi connectivity index (χ0v) is 15.1. The minimum Gasteiger partial charge on any atom is -0.497 e. The highest BCUT2D eigenvalue weighted by atomic mass is 16.5. The number of hydrogen-bond acceptors (Lipinski definition) is 3. The highest BCUT2D eigenvalue weighted by molar-refractivity contribution is 6.11. The van der Waals surface area contributed by atoms with Gasteiger partial charge in [-0.15, -0.1) is 0 Å². The monoisotopic (exact) mass is 346 g/mol. The minimum absolute atomic E-state index is 0.0269. The number of rotatable bonds is 4. The molecule has 0 bridgehead atoms. The molecule has 1 aliphatic rings. The second-order valence-electron chi connectivity index (χ2n) is 6.76. The number of carbonyl (C=O) groups excluding carboxylic acids is 1. The Morgan fingerprint density at radius 1 is 1.12 bits per heavy atom. The van der Waals surface area contributed by atoms with Gasteiger partial charge in [0.25, 0.3) is 0 Å². The van der Waals surface area contributed by atoms with E-state index in [0.717, 1.165) is 36.2 Å². The molecule has 132 valence electrons. The van der Waals surface area contributed by atoms with Crippen LogP contribution in [0.5, 0.6) is 5.75 Å². The maximum Gasteiger partial charge on any atom is 0.193 e. The lowest BCUT2D eigenvalue weighted by molar-refractivity contribution is 0.103. The summed E-state index contributed by atoms with van der Waals surface area (Å²) in [5, 5.41) is 1.11. The molecule has 0 unspecified atom stereocenters. The Bertz CT molecular complexity index is 983. The molecular weight excluding hydrogens is 324 g/mol. The molecule has 1 aliphatic heterocycles. The summed E-state index contributed by atoms with van der Waals surface area (Å²) in [6.07, 6.45) is 5.37. The van der Waals surface area contributed by atoms with Gasteiger partial charge in [0.05, 0.1) is 7.11 Å². The number of H-pyrrole nitrogens is 1. The van der Waals surface area contributed by atoms with E-state index in [2.05, 4.69) is 29.2 Å². The van der Waals surface area contributed by atoms with Crippen LogP contribution in [0.4, 0.5) is 0 Å². The summed E-state index contributed by atoms with van der Waals surface area (Å²) in [5.41, 5.74) is 4.99. The van der Waals surface area contributed by atoms with Crippen molar-refractivity contribution in [3.8, 4) is 5.75 Å². The number of nitrogens with one attached hydrogen (secondary N) is 1. The molecule has 4 heteroatoms. The smallest absolute Gasteiger partial charge is 0.193 e. The standard InChI is InChI=1S/C22H22N2O2/c1-24-11-9-15(10-12-24)20-14-23-21-8-5-17(13-19(20)21)22(25)16-3-6-18(26-2)7-4-16/h3-9,13-14,23H,10-12H2,1-2H3. The molecule has 0 aliphatic carbocycles. The van der Waals surface area contributed by atoms with Crippen LogP contribution in [0.15, 0.2) is 54.7 Å². The lowest BCUT2D eigenvalue weighted by Gasteiger charge is -2.21. The van der Waals surface area contributed by atoms with Crippen LogP contribution in [0.25, 0.3) is 16.5 Å². The predicted molar refractivity (Wildman–Crippen MR) is 105 cm³/mol. The number of ether oxygens (including phenoxy) is 1. The van der Waals surface area contributed by atoms with Gasteiger partial charge in [0, 0.05) is 46.9 Å². The molecule has 0 radical (unpaired) electrons. The number of fused-ring (bicyclic) bond motifs is 1. The fraction of sp³-hybridized carbons (Fsp3) is 0.227. The second-order valence-corrected chi connectivity index (χ2v) is 6.76. The first-order chi connectivity index (χ1) is 12.7. The molecule has 4 nitrogen and oxygen atoms in total. The van der Waals surface area contributed by atoms with Crippen LogP contribution >= 0.6 is 0 Å². The van der Waals surface area contributed by atoms with Crippen molar-refractivity contribution < 1.29 is 9.53 Å². The van der Waals surface area contributed by atoms with Gasteiger partial charge < -0.3 is 14.6 Å². The summed E-state index contributed by atoms with van der Waals surface area (Å²) in [5.74, 6) is 0.776. The summed E-state index contributed by atoms with van der Waals surface area (Å²) in [4.78, 5) is 18.5. The highest BCUT2D eigenvalue weighted by Gasteiger charge is 2.16. The lowest BCUT2D eigenvalue weighted by atomic mass is 9.96. The molecular formula is C22H22N2O2. The van der Waals surface area contributed by atoms with Crippen molar-refractivity contribution in [3.05, 3.63) is 71.4 Å². The number of nitrogens with zero attached hydrogens (tertiary/aromatic N) is 1. The number of benzene rings is 2. The van der Waals surface area contributed by atoms with Crippen molar-refractivity contribution in [2.24, 2.45) is 0 Å². The van der Waals surface area contributed by atoms with E-state index in [0.29, 0.717) is 11.1 Å². The second kappa shape index (κ2) is 6.81. The van der Waals surface area contributed by atoms with Crippen molar-refractivity contribution in [1.82, 2.24) is 9.88 Å². The molecule has 0 amide bonds. The number of likely N-dealkylation sites (N-methyl/N-ethyl adjacent to an activating group) is 1. The van der Waals surface area contributed by atoms with Gasteiger partial charge in [0.1, 0.15) is 5.75 Å². The predicted octanol–water partition coefficient (Wildman–Crippen LogP) is 4.13. The number of ketones is 1. The first-order valence-electron chi connectivity index (χ1n) is 8.83. The van der Waals surface area contributed by atoms with Crippen LogP contribution in [0.1, 0.15) is 27.9 Å². The number of carbonyl (C=O) groups is 1. The number of aromatic amines is 1. The average molecular weight is 346 g/mol. The van der Waals surface area contributed by atoms with E-state index < -0.39 is 0 Å². The Hall–Kier alpha value is -2.85. The first kappa shape index (κ1) is 16.6. The molecule has 0 fully saturated rings. The van der Waals surface area contributed by atoms with Crippen LogP contribution < -0.4 is 4.74 Å². The summed E-state index contributed by atoms with van der Waals surface area (Å²) in [6.45, 7) is 2.02. The third-order valence-corrected chi connectivity index (χ3v) is 5.05. The van der Waals surface area contributed by atoms with Gasteiger partial charge in [-0.3, -0.25) is 4.79 Å². The van der Waals surface area contributed by atoms with Gasteiger partial charge in [-0.1, -0.05) is 6.08 Å². The van der Waals surface area contributed by atoms with Crippen LogP contribution in [0, 0.1) is 0 Å². The molecule has 1 N–H and O–H groups in total. The quantitative estimate of drug-likeness (QED) is 0.723. The van der Waals surface area contributed by atoms with Gasteiger partial charge >= 0.3 is 0 Å². The van der Waals surface area contributed by atoms with E-state index in [-0.39, 0.29) is 5.78 Å². The van der Waals surface area contributed by atoms with Crippen molar-refractivity contribution in [2.75, 3.05) is 27.2 Å². The van der Waals surface area contributed by atoms with E-state index in [1.165, 1.54) is 11.1 Å². The van der Waals surface area contributed by atoms with Gasteiger partial charge in [0.2, 0.25) is 0 Å². The summed E-state index contributed by atoms with van der Waals surface area (Å²) in [6, 6.07) is 13.1. The molecule has 4 rings (SSSR count). The maximum absolute atomic E-state index is 12.9. The number of aromatic nitrogens is 1. The Labute approximate surface area is 153 Å². The zero-order valence-electron chi connectivity index (χ0n) is 15.1. The van der Waals surface area contributed by atoms with Crippen molar-refractivity contribution >= 4 is 22.3 Å². The molecule has 0 spiro atoms. The van der Waals surface area contributed by atoms with E-state index >= 15 is 0 Å². The van der Waals surface area contributed by atoms with Crippen LogP contribution in [0.2, 0.25) is 0 Å². The van der Waals surface area contributed by atoms with Crippen molar-refractivity contribution in [1.29, 1.82) is 0 Å². The highest BCUT2D eigenvalue weighted by Crippen LogP contribution is 2.30. The molecule has 0 saturated heterocycles. The number of methoxy groups -OCH3 is 1. The molecule has 26 heavy (non-hydrogen) atoms. The van der Waals surface area contributed by atoms with Crippen molar-refractivity contribution in [3.63, 3.8) is 0 Å². The Kier molecular flexibility index (Phi) is 4.35. The summed E-state index contributed by atoms with van der Waals surface area (Å²) < 4.78 is 5.17. The van der Waals surface area contributed by atoms with E-state index in [9.17, 15) is 4.79 Å². The number of hydrogen-bond donors (Lipinski definition) is 1. The summed E-state index contributed by atoms with van der Waals surface area (Å²) >= 11 is 0. The average Bonchev–Trinajstić information content (AvgIpc) is 3.11. The fourth-order valence-corrected chi connectivity index (χ4v) is 3.45. The van der Waals surface area contributed by atoms with E-state index in [1.807, 2.05) is 42.5 Å². The minimum atomic E-state index is 0.0269. The third kappa shape index (κ3) is 3.04. The largest absolute Gasteiger partial charge is 0.497 e. The van der Waals surface area contributed by atoms with Gasteiger partial charge in [-0.2, -0.15) is 0 Å². The molecule has 0 atom stereocenters. The Balaban J connectivity index is 1.70. The SMILES string of the molecule is COc1ccc(C(=O)c2ccc3[nH]cc(C4=CCN(C)CC4)c3c2)cc1. The van der Waals surface area contributed by atoms with Crippen LogP contribution in [-0.4, -0.2) is 42.9 Å². The third-order valence-electron chi connectivity index (χ3n) is 5.05. The fourth-order valence-electron chi connectivity index (χ4n) is 3.45. The Morgan fingerprint density at radius 3 is 2.58 bits per heavy atom. The van der Waals surface area contributed by atoms with Gasteiger partial charge in [-0.05, 0) is 61.5 Å². The van der Waals surface area contributed by atoms with Gasteiger partial charge in [0.15, 0.2) is 5.78 Å². The lowest BCUT2D eigenvalue weighted by Crippen LogP contribution is -2.23. The van der Waals surface area contributed by atoms with E-state index in [1.54, 1.807) is 7.11 Å². The Morgan fingerprint density at radius 2 is 1.88 bits per heavy atom. The normalized spacial score (nSPS) is 15.1. The van der Waals surface area contributed by atoms with Gasteiger partial charge in [-0.25, -0.2) is 0 Å². The molecule has 3 aromatic rings. The van der Waals surface area contributed by atoms with Crippen LogP contribution in [0.3, 0.4) is 0 Å². The summed E-state index contributed by atoms with van der Waals surface area (Å²) in [7, 11) is 3.75. The molecule has 1 aromatic heterocycles. The van der Waals surface area contributed by atoms with Crippen LogP contribution in [-0.2, 0) is 0 Å². The topological polar surface area (TPSA) is 45.3 Å². The molecule has 0 saturated carbocycles. The molecule has 2 aromatic carbocycles. The maximum atomic E-state index is 12.9. The first-order valence-corrected chi connectivity index (χ1v) is 8.83. The molecule has 2 heterocycles. The van der Waals surface area contributed by atoms with E-state index in [4.69, 9.17) is 4.74 Å². The zero-order chi connectivity index (χ0) is 18.1.